The van der Waals surface area contributed by atoms with E-state index in [1.54, 1.807) is 25.1 Å². The van der Waals surface area contributed by atoms with Crippen molar-refractivity contribution in [2.24, 2.45) is 0 Å². The van der Waals surface area contributed by atoms with Gasteiger partial charge in [0.15, 0.2) is 0 Å². The van der Waals surface area contributed by atoms with Gasteiger partial charge < -0.3 is 10.5 Å². The fraction of sp³-hybridized carbons (Fsp3) is 0.500. The van der Waals surface area contributed by atoms with Crippen molar-refractivity contribution in [3.8, 4) is 0 Å². The predicted octanol–water partition coefficient (Wildman–Crippen LogP) is 1.30. The monoisotopic (exact) mass is 312 g/mol. The third-order valence-electron chi connectivity index (χ3n) is 3.43. The standard InChI is InChI=1S/C14H20N2O4S/c1-3-20-14(17)6-7-21(18,19)16-10(2)8-11-9-12(15)4-5-13(11)16/h4-5,9-10H,3,6-8,15H2,1-2H3. The number of carbonyl (C=O) groups is 1. The molecule has 0 aromatic heterocycles. The second-order valence-corrected chi connectivity index (χ2v) is 7.07. The molecule has 1 aromatic carbocycles. The molecule has 0 radical (unpaired) electrons. The molecular weight excluding hydrogens is 292 g/mol. The van der Waals surface area contributed by atoms with Gasteiger partial charge in [-0.15, -0.1) is 0 Å². The SMILES string of the molecule is CCOC(=O)CCS(=O)(=O)N1c2ccc(N)cc2CC1C. The maximum Gasteiger partial charge on any atom is 0.306 e. The summed E-state index contributed by atoms with van der Waals surface area (Å²) in [5.74, 6) is -0.745. The van der Waals surface area contributed by atoms with Crippen LogP contribution in [0.3, 0.4) is 0 Å². The first-order valence-corrected chi connectivity index (χ1v) is 8.52. The first kappa shape index (κ1) is 15.6. The molecule has 1 atom stereocenters. The van der Waals surface area contributed by atoms with Crippen molar-refractivity contribution in [1.29, 1.82) is 0 Å². The number of hydrogen-bond acceptors (Lipinski definition) is 5. The average Bonchev–Trinajstić information content (AvgIpc) is 2.72. The van der Waals surface area contributed by atoms with Crippen LogP contribution in [0.25, 0.3) is 0 Å². The van der Waals surface area contributed by atoms with Gasteiger partial charge in [0.1, 0.15) is 0 Å². The highest BCUT2D eigenvalue weighted by atomic mass is 32.2. The number of rotatable bonds is 5. The van der Waals surface area contributed by atoms with Gasteiger partial charge in [-0.1, -0.05) is 0 Å². The van der Waals surface area contributed by atoms with E-state index < -0.39 is 16.0 Å². The zero-order valence-corrected chi connectivity index (χ0v) is 13.0. The lowest BCUT2D eigenvalue weighted by Crippen LogP contribution is -2.38. The van der Waals surface area contributed by atoms with E-state index in [0.29, 0.717) is 17.8 Å². The van der Waals surface area contributed by atoms with Crippen molar-refractivity contribution in [2.45, 2.75) is 32.7 Å². The van der Waals surface area contributed by atoms with Crippen LogP contribution in [0.2, 0.25) is 0 Å². The summed E-state index contributed by atoms with van der Waals surface area (Å²) < 4.78 is 31.1. The van der Waals surface area contributed by atoms with E-state index in [-0.39, 0.29) is 24.8 Å². The summed E-state index contributed by atoms with van der Waals surface area (Å²) in [7, 11) is -3.56. The van der Waals surface area contributed by atoms with Crippen LogP contribution in [-0.2, 0) is 26.0 Å². The molecule has 0 amide bonds. The summed E-state index contributed by atoms with van der Waals surface area (Å²) in [6.07, 6.45) is 0.489. The molecule has 1 aliphatic heterocycles. The molecule has 1 aliphatic rings. The van der Waals surface area contributed by atoms with Crippen LogP contribution in [0.1, 0.15) is 25.8 Å². The molecule has 1 unspecified atom stereocenters. The van der Waals surface area contributed by atoms with E-state index in [9.17, 15) is 13.2 Å². The van der Waals surface area contributed by atoms with E-state index in [1.165, 1.54) is 4.31 Å². The van der Waals surface area contributed by atoms with E-state index in [0.717, 1.165) is 5.56 Å². The Balaban J connectivity index is 2.19. The van der Waals surface area contributed by atoms with E-state index in [2.05, 4.69) is 0 Å². The lowest BCUT2D eigenvalue weighted by atomic mass is 10.1. The zero-order chi connectivity index (χ0) is 15.6. The van der Waals surface area contributed by atoms with E-state index in [4.69, 9.17) is 10.5 Å². The predicted molar refractivity (Wildman–Crippen MR) is 81.5 cm³/mol. The molecule has 116 valence electrons. The van der Waals surface area contributed by atoms with Gasteiger partial charge >= 0.3 is 5.97 Å². The number of nitrogens with zero attached hydrogens (tertiary/aromatic N) is 1. The smallest absolute Gasteiger partial charge is 0.306 e. The molecule has 0 saturated heterocycles. The molecule has 2 N–H and O–H groups in total. The van der Waals surface area contributed by atoms with Crippen LogP contribution < -0.4 is 10.0 Å². The maximum absolute atomic E-state index is 12.5. The van der Waals surface area contributed by atoms with Gasteiger partial charge in [-0.05, 0) is 44.0 Å². The van der Waals surface area contributed by atoms with Crippen molar-refractivity contribution >= 4 is 27.4 Å². The Morgan fingerprint density at radius 1 is 1.48 bits per heavy atom. The normalized spacial score (nSPS) is 17.6. The van der Waals surface area contributed by atoms with Gasteiger partial charge in [0.2, 0.25) is 10.0 Å². The number of sulfonamides is 1. The molecule has 2 rings (SSSR count). The Bertz CT molecular complexity index is 642. The number of ether oxygens (including phenoxy) is 1. The number of esters is 1. The van der Waals surface area contributed by atoms with Gasteiger partial charge in [0, 0.05) is 11.7 Å². The van der Waals surface area contributed by atoms with Crippen molar-refractivity contribution in [2.75, 3.05) is 22.4 Å². The minimum absolute atomic E-state index is 0.135. The summed E-state index contributed by atoms with van der Waals surface area (Å²) >= 11 is 0. The largest absolute Gasteiger partial charge is 0.466 e. The highest BCUT2D eigenvalue weighted by molar-refractivity contribution is 7.92. The van der Waals surface area contributed by atoms with Crippen LogP contribution in [0.5, 0.6) is 0 Å². The lowest BCUT2D eigenvalue weighted by molar-refractivity contribution is -0.142. The summed E-state index contributed by atoms with van der Waals surface area (Å²) in [4.78, 5) is 11.4. The Hall–Kier alpha value is -1.76. The van der Waals surface area contributed by atoms with Gasteiger partial charge in [-0.2, -0.15) is 0 Å². The Kier molecular flexibility index (Phi) is 4.41. The molecule has 1 aromatic rings. The first-order valence-electron chi connectivity index (χ1n) is 6.91. The molecule has 6 nitrogen and oxygen atoms in total. The Morgan fingerprint density at radius 3 is 2.86 bits per heavy atom. The minimum Gasteiger partial charge on any atom is -0.466 e. The fourth-order valence-electron chi connectivity index (χ4n) is 2.59. The van der Waals surface area contributed by atoms with Crippen molar-refractivity contribution < 1.29 is 17.9 Å². The number of carbonyl (C=O) groups excluding carboxylic acids is 1. The summed E-state index contributed by atoms with van der Waals surface area (Å²) in [5.41, 5.74) is 7.92. The summed E-state index contributed by atoms with van der Waals surface area (Å²) in [5, 5.41) is 0. The molecule has 0 spiro atoms. The average molecular weight is 312 g/mol. The van der Waals surface area contributed by atoms with Gasteiger partial charge in [0.05, 0.1) is 24.5 Å². The van der Waals surface area contributed by atoms with Crippen LogP contribution in [-0.4, -0.2) is 32.8 Å². The Morgan fingerprint density at radius 2 is 2.19 bits per heavy atom. The molecule has 0 saturated carbocycles. The number of nitrogens with two attached hydrogens (primary N) is 1. The van der Waals surface area contributed by atoms with Gasteiger partial charge in [-0.25, -0.2) is 8.42 Å². The van der Waals surface area contributed by atoms with Crippen LogP contribution in [0.4, 0.5) is 11.4 Å². The van der Waals surface area contributed by atoms with Crippen molar-refractivity contribution in [3.63, 3.8) is 0 Å². The molecular formula is C14H20N2O4S. The summed E-state index contributed by atoms with van der Waals surface area (Å²) in [6.45, 7) is 3.79. The number of fused-ring (bicyclic) bond motifs is 1. The molecule has 0 fully saturated rings. The molecule has 21 heavy (non-hydrogen) atoms. The van der Waals surface area contributed by atoms with E-state index >= 15 is 0 Å². The number of anilines is 2. The lowest BCUT2D eigenvalue weighted by Gasteiger charge is -2.24. The zero-order valence-electron chi connectivity index (χ0n) is 12.2. The molecule has 1 heterocycles. The van der Waals surface area contributed by atoms with Gasteiger partial charge in [-0.3, -0.25) is 9.10 Å². The van der Waals surface area contributed by atoms with Gasteiger partial charge in [0.25, 0.3) is 0 Å². The highest BCUT2D eigenvalue weighted by Crippen LogP contribution is 2.35. The van der Waals surface area contributed by atoms with Crippen molar-refractivity contribution in [1.82, 2.24) is 0 Å². The second-order valence-electron chi connectivity index (χ2n) is 5.11. The molecule has 0 aliphatic carbocycles. The number of nitrogen functional groups attached to an aromatic ring is 1. The third kappa shape index (κ3) is 3.29. The van der Waals surface area contributed by atoms with Crippen LogP contribution >= 0.6 is 0 Å². The molecule has 7 heteroatoms. The Labute approximate surface area is 124 Å². The van der Waals surface area contributed by atoms with Crippen LogP contribution in [0.15, 0.2) is 18.2 Å². The third-order valence-corrected chi connectivity index (χ3v) is 5.30. The van der Waals surface area contributed by atoms with Crippen molar-refractivity contribution in [3.05, 3.63) is 23.8 Å². The van der Waals surface area contributed by atoms with Crippen LogP contribution in [0, 0.1) is 0 Å². The number of benzene rings is 1. The van der Waals surface area contributed by atoms with E-state index in [1.807, 2.05) is 6.92 Å². The minimum atomic E-state index is -3.56. The number of hydrogen-bond donors (Lipinski definition) is 1. The maximum atomic E-state index is 12.5. The molecule has 0 bridgehead atoms. The highest BCUT2D eigenvalue weighted by Gasteiger charge is 2.35. The first-order chi connectivity index (χ1) is 9.85. The summed E-state index contributed by atoms with van der Waals surface area (Å²) in [6, 6.07) is 5.03. The fourth-order valence-corrected chi connectivity index (χ4v) is 4.31. The topological polar surface area (TPSA) is 89.7 Å². The second kappa shape index (κ2) is 5.93. The quantitative estimate of drug-likeness (QED) is 0.654.